The number of hydrogen-bond donors (Lipinski definition) is 0. The second-order valence-electron chi connectivity index (χ2n) is 4.93. The van der Waals surface area contributed by atoms with Gasteiger partial charge in [0.1, 0.15) is 5.15 Å². The summed E-state index contributed by atoms with van der Waals surface area (Å²) in [6.07, 6.45) is 9.96. The Balaban J connectivity index is 2.04. The number of pyridine rings is 1. The fourth-order valence-electron chi connectivity index (χ4n) is 2.45. The fraction of sp³-hybridized carbons (Fsp3) is 0.533. The van der Waals surface area contributed by atoms with E-state index in [-0.39, 0.29) is 0 Å². The van der Waals surface area contributed by atoms with E-state index in [0.717, 1.165) is 25.4 Å². The lowest BCUT2D eigenvalue weighted by Gasteiger charge is -2.30. The number of halogens is 1. The summed E-state index contributed by atoms with van der Waals surface area (Å²) < 4.78 is 5.21. The first kappa shape index (κ1) is 14.4. The van der Waals surface area contributed by atoms with Gasteiger partial charge in [-0.15, -0.1) is 0 Å². The van der Waals surface area contributed by atoms with Crippen molar-refractivity contribution in [2.75, 3.05) is 31.7 Å². The molecule has 0 N–H and O–H groups in total. The minimum Gasteiger partial charge on any atom is -0.383 e. The zero-order valence-electron chi connectivity index (χ0n) is 11.4. The van der Waals surface area contributed by atoms with Gasteiger partial charge in [0, 0.05) is 32.1 Å². The molecule has 3 nitrogen and oxygen atoms in total. The Morgan fingerprint density at radius 3 is 3.05 bits per heavy atom. The topological polar surface area (TPSA) is 25.4 Å². The van der Waals surface area contributed by atoms with Gasteiger partial charge in [-0.05, 0) is 37.3 Å². The molecule has 0 aromatic carbocycles. The molecule has 19 heavy (non-hydrogen) atoms. The Bertz CT molecular complexity index is 422. The van der Waals surface area contributed by atoms with Gasteiger partial charge in [-0.1, -0.05) is 23.8 Å². The standard InChI is InChI=1S/C15H21ClN2O/c1-19-10-9-18(12-13-5-3-2-4-6-13)14-7-8-17-15(16)11-14/h2-3,7-8,11,13H,4-6,9-10,12H2,1H3. The molecule has 1 aromatic heterocycles. The van der Waals surface area contributed by atoms with Crippen molar-refractivity contribution in [1.29, 1.82) is 0 Å². The van der Waals surface area contributed by atoms with E-state index in [9.17, 15) is 0 Å². The molecule has 0 amide bonds. The number of anilines is 1. The van der Waals surface area contributed by atoms with Crippen molar-refractivity contribution in [2.24, 2.45) is 5.92 Å². The highest BCUT2D eigenvalue weighted by Crippen LogP contribution is 2.23. The first-order valence-electron chi connectivity index (χ1n) is 6.80. The van der Waals surface area contributed by atoms with Gasteiger partial charge in [-0.3, -0.25) is 0 Å². The molecule has 0 aliphatic heterocycles. The second-order valence-corrected chi connectivity index (χ2v) is 5.31. The normalized spacial score (nSPS) is 18.5. The number of nitrogens with zero attached hydrogens (tertiary/aromatic N) is 2. The van der Waals surface area contributed by atoms with E-state index in [2.05, 4.69) is 22.0 Å². The van der Waals surface area contributed by atoms with Crippen molar-refractivity contribution in [3.05, 3.63) is 35.6 Å². The maximum absolute atomic E-state index is 5.99. The van der Waals surface area contributed by atoms with Crippen LogP contribution >= 0.6 is 11.6 Å². The number of hydrogen-bond acceptors (Lipinski definition) is 3. The third kappa shape index (κ3) is 4.51. The smallest absolute Gasteiger partial charge is 0.131 e. The first-order valence-corrected chi connectivity index (χ1v) is 7.18. The molecule has 1 unspecified atom stereocenters. The predicted molar refractivity (Wildman–Crippen MR) is 79.8 cm³/mol. The quantitative estimate of drug-likeness (QED) is 0.589. The van der Waals surface area contributed by atoms with E-state index in [1.165, 1.54) is 19.3 Å². The molecule has 0 fully saturated rings. The van der Waals surface area contributed by atoms with E-state index in [0.29, 0.717) is 11.1 Å². The van der Waals surface area contributed by atoms with Crippen molar-refractivity contribution < 1.29 is 4.74 Å². The molecule has 1 aliphatic carbocycles. The van der Waals surface area contributed by atoms with Crippen LogP contribution in [0.5, 0.6) is 0 Å². The Morgan fingerprint density at radius 1 is 1.47 bits per heavy atom. The Hall–Kier alpha value is -1.06. The second kappa shape index (κ2) is 7.51. The first-order chi connectivity index (χ1) is 9.29. The Morgan fingerprint density at radius 2 is 2.37 bits per heavy atom. The van der Waals surface area contributed by atoms with Crippen molar-refractivity contribution >= 4 is 17.3 Å². The summed E-state index contributed by atoms with van der Waals surface area (Å²) in [6, 6.07) is 3.94. The van der Waals surface area contributed by atoms with Crippen LogP contribution in [0.1, 0.15) is 19.3 Å². The van der Waals surface area contributed by atoms with Gasteiger partial charge in [0.05, 0.1) is 6.61 Å². The minimum absolute atomic E-state index is 0.545. The summed E-state index contributed by atoms with van der Waals surface area (Å²) in [6.45, 7) is 2.66. The molecule has 2 rings (SSSR count). The van der Waals surface area contributed by atoms with E-state index in [1.54, 1.807) is 13.3 Å². The zero-order chi connectivity index (χ0) is 13.5. The van der Waals surface area contributed by atoms with Crippen LogP contribution in [0.15, 0.2) is 30.5 Å². The van der Waals surface area contributed by atoms with Crippen molar-refractivity contribution in [1.82, 2.24) is 4.98 Å². The summed E-state index contributed by atoms with van der Waals surface area (Å²) in [5.74, 6) is 0.716. The zero-order valence-corrected chi connectivity index (χ0v) is 12.1. The van der Waals surface area contributed by atoms with Crippen LogP contribution in [0.4, 0.5) is 5.69 Å². The number of methoxy groups -OCH3 is 1. The molecule has 0 radical (unpaired) electrons. The largest absolute Gasteiger partial charge is 0.383 e. The molecule has 0 bridgehead atoms. The highest BCUT2D eigenvalue weighted by Gasteiger charge is 2.15. The van der Waals surface area contributed by atoms with Crippen LogP contribution in [0.3, 0.4) is 0 Å². The van der Waals surface area contributed by atoms with Crippen LogP contribution in [0.25, 0.3) is 0 Å². The van der Waals surface area contributed by atoms with E-state index in [4.69, 9.17) is 16.3 Å². The SMILES string of the molecule is COCCN(CC1CC=CCC1)c1ccnc(Cl)c1. The van der Waals surface area contributed by atoms with Crippen molar-refractivity contribution in [3.8, 4) is 0 Å². The van der Waals surface area contributed by atoms with Crippen LogP contribution in [-0.4, -0.2) is 31.8 Å². The lowest BCUT2D eigenvalue weighted by molar-refractivity contribution is 0.204. The molecule has 1 atom stereocenters. The monoisotopic (exact) mass is 280 g/mol. The van der Waals surface area contributed by atoms with E-state index >= 15 is 0 Å². The molecular formula is C15H21ClN2O. The lowest BCUT2D eigenvalue weighted by atomic mass is 9.94. The summed E-state index contributed by atoms with van der Waals surface area (Å²) in [4.78, 5) is 6.39. The average molecular weight is 281 g/mol. The minimum atomic E-state index is 0.545. The van der Waals surface area contributed by atoms with Gasteiger partial charge in [0.25, 0.3) is 0 Å². The molecule has 0 spiro atoms. The van der Waals surface area contributed by atoms with Crippen molar-refractivity contribution in [3.63, 3.8) is 0 Å². The maximum Gasteiger partial charge on any atom is 0.131 e. The number of allylic oxidation sites excluding steroid dienone is 2. The number of aromatic nitrogens is 1. The van der Waals surface area contributed by atoms with Gasteiger partial charge in [0.2, 0.25) is 0 Å². The molecular weight excluding hydrogens is 260 g/mol. The predicted octanol–water partition coefficient (Wildman–Crippen LogP) is 3.54. The summed E-state index contributed by atoms with van der Waals surface area (Å²) in [7, 11) is 1.74. The molecule has 0 saturated carbocycles. The summed E-state index contributed by atoms with van der Waals surface area (Å²) in [5.41, 5.74) is 1.13. The number of rotatable bonds is 6. The summed E-state index contributed by atoms with van der Waals surface area (Å²) in [5, 5.41) is 0.545. The van der Waals surface area contributed by atoms with E-state index in [1.807, 2.05) is 12.1 Å². The fourth-order valence-corrected chi connectivity index (χ4v) is 2.62. The average Bonchev–Trinajstić information content (AvgIpc) is 2.44. The van der Waals surface area contributed by atoms with Crippen LogP contribution < -0.4 is 4.90 Å². The lowest BCUT2D eigenvalue weighted by Crippen LogP contribution is -2.32. The van der Waals surface area contributed by atoms with Gasteiger partial charge < -0.3 is 9.64 Å². The maximum atomic E-state index is 5.99. The van der Waals surface area contributed by atoms with Crippen molar-refractivity contribution in [2.45, 2.75) is 19.3 Å². The van der Waals surface area contributed by atoms with Crippen LogP contribution in [0.2, 0.25) is 5.15 Å². The highest BCUT2D eigenvalue weighted by molar-refractivity contribution is 6.29. The molecule has 4 heteroatoms. The van der Waals surface area contributed by atoms with Gasteiger partial charge >= 0.3 is 0 Å². The third-order valence-electron chi connectivity index (χ3n) is 3.50. The Labute approximate surface area is 120 Å². The Kier molecular flexibility index (Phi) is 5.67. The number of ether oxygens (including phenoxy) is 1. The summed E-state index contributed by atoms with van der Waals surface area (Å²) >= 11 is 5.99. The van der Waals surface area contributed by atoms with Gasteiger partial charge in [0.15, 0.2) is 0 Å². The highest BCUT2D eigenvalue weighted by atomic mass is 35.5. The van der Waals surface area contributed by atoms with E-state index < -0.39 is 0 Å². The molecule has 1 aromatic rings. The molecule has 1 aliphatic rings. The molecule has 0 saturated heterocycles. The molecule has 1 heterocycles. The van der Waals surface area contributed by atoms with Gasteiger partial charge in [-0.25, -0.2) is 4.98 Å². The van der Waals surface area contributed by atoms with Crippen LogP contribution in [0, 0.1) is 5.92 Å². The molecule has 104 valence electrons. The van der Waals surface area contributed by atoms with Crippen LogP contribution in [-0.2, 0) is 4.74 Å². The third-order valence-corrected chi connectivity index (χ3v) is 3.70. The van der Waals surface area contributed by atoms with Gasteiger partial charge in [-0.2, -0.15) is 0 Å².